The number of nitrogens with one attached hydrogen (secondary N) is 1. The van der Waals surface area contributed by atoms with Crippen molar-refractivity contribution < 1.29 is 9.90 Å². The van der Waals surface area contributed by atoms with Crippen LogP contribution in [-0.2, 0) is 4.79 Å². The van der Waals surface area contributed by atoms with E-state index >= 15 is 0 Å². The Labute approximate surface area is 135 Å². The fourth-order valence-corrected chi connectivity index (χ4v) is 2.24. The van der Waals surface area contributed by atoms with Gasteiger partial charge in [-0.15, -0.1) is 0 Å². The predicted octanol–water partition coefficient (Wildman–Crippen LogP) is 3.54. The van der Waals surface area contributed by atoms with Gasteiger partial charge < -0.3 is 10.4 Å². The minimum absolute atomic E-state index is 0.0283. The van der Waals surface area contributed by atoms with Gasteiger partial charge in [-0.3, -0.25) is 4.79 Å². The van der Waals surface area contributed by atoms with E-state index in [0.29, 0.717) is 11.3 Å². The second kappa shape index (κ2) is 6.90. The number of phenols is 1. The lowest BCUT2D eigenvalue weighted by atomic mass is 10.1. The zero-order chi connectivity index (χ0) is 15.2. The molecule has 4 nitrogen and oxygen atoms in total. The quantitative estimate of drug-likeness (QED) is 0.479. The fraction of sp³-hybridized carbons (Fsp3) is 0. The highest BCUT2D eigenvalue weighted by atomic mass is 127. The normalized spacial score (nSPS) is 10.8. The Morgan fingerprint density at radius 2 is 2.00 bits per heavy atom. The van der Waals surface area contributed by atoms with Gasteiger partial charge in [0.15, 0.2) is 0 Å². The molecular formula is C16H11IN2O2. The molecule has 0 atom stereocenters. The summed E-state index contributed by atoms with van der Waals surface area (Å²) in [6.07, 6.45) is 1.43. The lowest BCUT2D eigenvalue weighted by molar-refractivity contribution is -0.112. The van der Waals surface area contributed by atoms with Crippen LogP contribution < -0.4 is 5.32 Å². The Kier molecular flexibility index (Phi) is 4.95. The molecule has 0 aliphatic carbocycles. The molecule has 0 aromatic heterocycles. The summed E-state index contributed by atoms with van der Waals surface area (Å²) in [6.45, 7) is 0. The van der Waals surface area contributed by atoms with E-state index in [1.807, 2.05) is 24.3 Å². The smallest absolute Gasteiger partial charge is 0.266 e. The van der Waals surface area contributed by atoms with E-state index in [-0.39, 0.29) is 11.3 Å². The topological polar surface area (TPSA) is 73.1 Å². The summed E-state index contributed by atoms with van der Waals surface area (Å²) in [5.41, 5.74) is 1.19. The summed E-state index contributed by atoms with van der Waals surface area (Å²) in [6, 6.07) is 15.5. The number of carbonyl (C=O) groups is 1. The van der Waals surface area contributed by atoms with Gasteiger partial charge in [-0.2, -0.15) is 5.26 Å². The third-order valence-corrected chi connectivity index (χ3v) is 3.30. The number of halogens is 1. The van der Waals surface area contributed by atoms with Crippen LogP contribution in [0.5, 0.6) is 5.75 Å². The van der Waals surface area contributed by atoms with Crippen molar-refractivity contribution >= 4 is 40.3 Å². The van der Waals surface area contributed by atoms with E-state index in [0.717, 1.165) is 3.57 Å². The summed E-state index contributed by atoms with van der Waals surface area (Å²) >= 11 is 2.14. The SMILES string of the molecule is N#C/C(=C\c1cccc(O)c1)C(=O)Nc1cccc(I)c1. The van der Waals surface area contributed by atoms with Gasteiger partial charge in [0.25, 0.3) is 5.91 Å². The first-order chi connectivity index (χ1) is 10.1. The van der Waals surface area contributed by atoms with E-state index in [4.69, 9.17) is 5.26 Å². The van der Waals surface area contributed by atoms with Crippen molar-refractivity contribution in [2.24, 2.45) is 0 Å². The molecule has 0 bridgehead atoms. The molecule has 0 radical (unpaired) electrons. The van der Waals surface area contributed by atoms with Crippen LogP contribution in [-0.4, -0.2) is 11.0 Å². The molecule has 2 N–H and O–H groups in total. The van der Waals surface area contributed by atoms with E-state index in [2.05, 4.69) is 27.9 Å². The maximum absolute atomic E-state index is 12.1. The van der Waals surface area contributed by atoms with E-state index in [1.54, 1.807) is 18.2 Å². The highest BCUT2D eigenvalue weighted by molar-refractivity contribution is 14.1. The third kappa shape index (κ3) is 4.33. The van der Waals surface area contributed by atoms with Crippen LogP contribution in [0.3, 0.4) is 0 Å². The Morgan fingerprint density at radius 1 is 1.24 bits per heavy atom. The van der Waals surface area contributed by atoms with Crippen molar-refractivity contribution in [2.75, 3.05) is 5.32 Å². The summed E-state index contributed by atoms with van der Waals surface area (Å²) in [5.74, 6) is -0.401. The molecule has 0 heterocycles. The summed E-state index contributed by atoms with van der Waals surface area (Å²) < 4.78 is 0.987. The molecule has 5 heteroatoms. The number of benzene rings is 2. The van der Waals surface area contributed by atoms with Gasteiger partial charge in [0.05, 0.1) is 0 Å². The number of phenolic OH excluding ortho intramolecular Hbond substituents is 1. The second-order valence-corrected chi connectivity index (χ2v) is 5.47. The molecule has 0 spiro atoms. The van der Waals surface area contributed by atoms with Gasteiger partial charge in [0, 0.05) is 9.26 Å². The van der Waals surface area contributed by atoms with Crippen LogP contribution in [0.15, 0.2) is 54.1 Å². The Bertz CT molecular complexity index is 748. The number of rotatable bonds is 3. The molecule has 2 aromatic carbocycles. The number of nitriles is 1. The Morgan fingerprint density at radius 3 is 2.67 bits per heavy atom. The van der Waals surface area contributed by atoms with Crippen LogP contribution in [0.25, 0.3) is 6.08 Å². The van der Waals surface area contributed by atoms with Gasteiger partial charge in [-0.25, -0.2) is 0 Å². The van der Waals surface area contributed by atoms with Crippen molar-refractivity contribution in [1.82, 2.24) is 0 Å². The number of nitrogens with zero attached hydrogens (tertiary/aromatic N) is 1. The highest BCUT2D eigenvalue weighted by Gasteiger charge is 2.09. The highest BCUT2D eigenvalue weighted by Crippen LogP contribution is 2.16. The van der Waals surface area contributed by atoms with Crippen molar-refractivity contribution in [3.63, 3.8) is 0 Å². The largest absolute Gasteiger partial charge is 0.508 e. The van der Waals surface area contributed by atoms with Gasteiger partial charge in [0.2, 0.25) is 0 Å². The first-order valence-electron chi connectivity index (χ1n) is 6.06. The first kappa shape index (κ1) is 15.1. The molecular weight excluding hydrogens is 379 g/mol. The molecule has 0 fully saturated rings. The van der Waals surface area contributed by atoms with Crippen molar-refractivity contribution in [3.8, 4) is 11.8 Å². The molecule has 2 rings (SSSR count). The lowest BCUT2D eigenvalue weighted by Crippen LogP contribution is -2.13. The molecule has 2 aromatic rings. The van der Waals surface area contributed by atoms with Gasteiger partial charge in [-0.1, -0.05) is 18.2 Å². The average molecular weight is 390 g/mol. The number of carbonyl (C=O) groups excluding carboxylic acids is 1. The van der Waals surface area contributed by atoms with Gasteiger partial charge in [0.1, 0.15) is 17.4 Å². The Hall–Kier alpha value is -2.33. The summed E-state index contributed by atoms with van der Waals surface area (Å²) in [5, 5.41) is 21.2. The van der Waals surface area contributed by atoms with Crippen LogP contribution >= 0.6 is 22.6 Å². The molecule has 0 saturated heterocycles. The molecule has 0 saturated carbocycles. The minimum atomic E-state index is -0.483. The van der Waals surface area contributed by atoms with Crippen molar-refractivity contribution in [2.45, 2.75) is 0 Å². The number of anilines is 1. The van der Waals surface area contributed by atoms with E-state index < -0.39 is 5.91 Å². The third-order valence-electron chi connectivity index (χ3n) is 2.63. The standard InChI is InChI=1S/C16H11IN2O2/c17-13-4-2-5-14(9-13)19-16(21)12(10-18)7-11-3-1-6-15(20)8-11/h1-9,20H,(H,19,21)/b12-7+. The molecule has 0 aliphatic heterocycles. The predicted molar refractivity (Wildman–Crippen MR) is 89.5 cm³/mol. The molecule has 21 heavy (non-hydrogen) atoms. The van der Waals surface area contributed by atoms with Gasteiger partial charge in [-0.05, 0) is 64.6 Å². The van der Waals surface area contributed by atoms with Crippen molar-refractivity contribution in [1.29, 1.82) is 5.26 Å². The lowest BCUT2D eigenvalue weighted by Gasteiger charge is -2.04. The van der Waals surface area contributed by atoms with E-state index in [1.165, 1.54) is 18.2 Å². The van der Waals surface area contributed by atoms with Gasteiger partial charge >= 0.3 is 0 Å². The number of hydrogen-bond acceptors (Lipinski definition) is 3. The maximum atomic E-state index is 12.1. The Balaban J connectivity index is 2.21. The van der Waals surface area contributed by atoms with E-state index in [9.17, 15) is 9.90 Å². The number of amides is 1. The van der Waals surface area contributed by atoms with Crippen LogP contribution in [0, 0.1) is 14.9 Å². The van der Waals surface area contributed by atoms with Crippen molar-refractivity contribution in [3.05, 3.63) is 63.2 Å². The molecule has 104 valence electrons. The molecule has 0 aliphatic rings. The first-order valence-corrected chi connectivity index (χ1v) is 7.14. The number of hydrogen-bond donors (Lipinski definition) is 2. The minimum Gasteiger partial charge on any atom is -0.508 e. The monoisotopic (exact) mass is 390 g/mol. The number of aromatic hydroxyl groups is 1. The molecule has 0 unspecified atom stereocenters. The average Bonchev–Trinajstić information content (AvgIpc) is 2.44. The summed E-state index contributed by atoms with van der Waals surface area (Å²) in [4.78, 5) is 12.1. The summed E-state index contributed by atoms with van der Waals surface area (Å²) in [7, 11) is 0. The van der Waals surface area contributed by atoms with Crippen LogP contribution in [0.1, 0.15) is 5.56 Å². The van der Waals surface area contributed by atoms with Crippen LogP contribution in [0.4, 0.5) is 5.69 Å². The maximum Gasteiger partial charge on any atom is 0.266 e. The molecule has 1 amide bonds. The zero-order valence-corrected chi connectivity index (χ0v) is 13.0. The van der Waals surface area contributed by atoms with Crippen LogP contribution in [0.2, 0.25) is 0 Å². The zero-order valence-electron chi connectivity index (χ0n) is 10.9. The second-order valence-electron chi connectivity index (χ2n) is 4.23. The fourth-order valence-electron chi connectivity index (χ4n) is 1.69.